The van der Waals surface area contributed by atoms with Gasteiger partial charge in [-0.3, -0.25) is 0 Å². The van der Waals surface area contributed by atoms with Gasteiger partial charge in [-0.1, -0.05) is 33.1 Å². The predicted molar refractivity (Wildman–Crippen MR) is 69.1 cm³/mol. The molecule has 0 heterocycles. The van der Waals surface area contributed by atoms with E-state index in [1.807, 2.05) is 0 Å². The van der Waals surface area contributed by atoms with Crippen LogP contribution in [-0.4, -0.2) is 7.85 Å². The van der Waals surface area contributed by atoms with Crippen molar-refractivity contribution in [2.75, 3.05) is 0 Å². The zero-order chi connectivity index (χ0) is 16.5. The van der Waals surface area contributed by atoms with E-state index in [1.165, 1.54) is 0 Å². The fraction of sp³-hybridized carbons (Fsp3) is 0.571. The number of benzene rings is 1. The van der Waals surface area contributed by atoms with E-state index in [0.717, 1.165) is 0 Å². The maximum atomic E-state index is 12.8. The van der Waals surface area contributed by atoms with Crippen LogP contribution in [0.5, 0.6) is 0 Å². The molecule has 0 saturated heterocycles. The van der Waals surface area contributed by atoms with Gasteiger partial charge in [0.1, 0.15) is 0 Å². The average Bonchev–Trinajstić information content (AvgIpc) is 2.36. The van der Waals surface area contributed by atoms with Crippen molar-refractivity contribution in [2.24, 2.45) is 0 Å². The fourth-order valence-corrected chi connectivity index (χ4v) is 2.21. The van der Waals surface area contributed by atoms with Gasteiger partial charge in [-0.2, -0.15) is 26.3 Å². The van der Waals surface area contributed by atoms with Crippen LogP contribution in [-0.2, 0) is 17.7 Å². The first-order chi connectivity index (χ1) is 9.44. The molecule has 116 valence electrons. The highest BCUT2D eigenvalue weighted by molar-refractivity contribution is 6.15. The van der Waals surface area contributed by atoms with Crippen LogP contribution in [0.2, 0.25) is 0 Å². The minimum absolute atomic E-state index is 0.117. The molecule has 0 bridgehead atoms. The van der Waals surface area contributed by atoms with E-state index in [0.29, 0.717) is 25.0 Å². The van der Waals surface area contributed by atoms with Gasteiger partial charge in [0.05, 0.1) is 19.0 Å². The molecule has 0 aliphatic carbocycles. The Hall–Kier alpha value is -1.14. The Morgan fingerprint density at radius 1 is 0.810 bits per heavy atom. The summed E-state index contributed by atoms with van der Waals surface area (Å²) in [6.45, 7) is 3.42. The molecule has 0 aliphatic heterocycles. The third kappa shape index (κ3) is 4.17. The fourth-order valence-electron chi connectivity index (χ4n) is 2.21. The minimum Gasteiger partial charge on any atom is -0.166 e. The molecule has 1 rings (SSSR count). The van der Waals surface area contributed by atoms with Crippen LogP contribution in [0.1, 0.15) is 49.8 Å². The molecule has 1 unspecified atom stereocenters. The number of hydrogen-bond donors (Lipinski definition) is 0. The van der Waals surface area contributed by atoms with Crippen molar-refractivity contribution in [2.45, 2.75) is 50.8 Å². The number of halogens is 6. The first kappa shape index (κ1) is 17.9. The molecule has 0 aliphatic rings. The highest BCUT2D eigenvalue weighted by Crippen LogP contribution is 2.40. The smallest absolute Gasteiger partial charge is 0.166 e. The SMILES string of the molecule is [B]C(CC)(CCC)c1cc(C(F)(F)F)cc(C(F)(F)F)c1. The van der Waals surface area contributed by atoms with Gasteiger partial charge in [-0.25, -0.2) is 0 Å². The van der Waals surface area contributed by atoms with Gasteiger partial charge in [0, 0.05) is 0 Å². The summed E-state index contributed by atoms with van der Waals surface area (Å²) in [6, 6.07) is 1.55. The Kier molecular flexibility index (Phi) is 5.06. The summed E-state index contributed by atoms with van der Waals surface area (Å²) in [6.07, 6.45) is -8.59. The van der Waals surface area contributed by atoms with Crippen LogP contribution in [0.3, 0.4) is 0 Å². The van der Waals surface area contributed by atoms with E-state index in [4.69, 9.17) is 7.85 Å². The van der Waals surface area contributed by atoms with Gasteiger partial charge in [0.2, 0.25) is 0 Å². The minimum atomic E-state index is -4.85. The predicted octanol–water partition coefficient (Wildman–Crippen LogP) is 5.30. The molecule has 1 aromatic rings. The van der Waals surface area contributed by atoms with E-state index >= 15 is 0 Å². The molecule has 1 atom stereocenters. The van der Waals surface area contributed by atoms with Crippen LogP contribution < -0.4 is 0 Å². The van der Waals surface area contributed by atoms with Crippen LogP contribution in [0.15, 0.2) is 18.2 Å². The van der Waals surface area contributed by atoms with Crippen LogP contribution >= 0.6 is 0 Å². The monoisotopic (exact) mass is 308 g/mol. The molecule has 0 spiro atoms. The lowest BCUT2D eigenvalue weighted by atomic mass is 9.59. The molecule has 7 heteroatoms. The quantitative estimate of drug-likeness (QED) is 0.523. The van der Waals surface area contributed by atoms with E-state index in [9.17, 15) is 26.3 Å². The molecule has 0 nitrogen and oxygen atoms in total. The normalized spacial score (nSPS) is 15.8. The lowest BCUT2D eigenvalue weighted by Crippen LogP contribution is -2.27. The molecule has 1 aromatic carbocycles. The van der Waals surface area contributed by atoms with Crippen molar-refractivity contribution in [3.8, 4) is 0 Å². The summed E-state index contributed by atoms with van der Waals surface area (Å²) in [7, 11) is 6.02. The zero-order valence-corrected chi connectivity index (χ0v) is 11.7. The topological polar surface area (TPSA) is 0 Å². The molecular formula is C14H15BF6. The number of rotatable bonds is 4. The lowest BCUT2D eigenvalue weighted by molar-refractivity contribution is -0.143. The van der Waals surface area contributed by atoms with Crippen molar-refractivity contribution >= 4 is 7.85 Å². The van der Waals surface area contributed by atoms with E-state index < -0.39 is 28.8 Å². The molecule has 0 fully saturated rings. The van der Waals surface area contributed by atoms with Crippen LogP contribution in [0, 0.1) is 0 Å². The second-order valence-electron chi connectivity index (χ2n) is 5.05. The van der Waals surface area contributed by atoms with Crippen LogP contribution in [0.4, 0.5) is 26.3 Å². The summed E-state index contributed by atoms with van der Waals surface area (Å²) in [5, 5.41) is -1.20. The van der Waals surface area contributed by atoms with E-state index in [1.54, 1.807) is 13.8 Å². The highest BCUT2D eigenvalue weighted by atomic mass is 19.4. The van der Waals surface area contributed by atoms with Crippen molar-refractivity contribution in [1.29, 1.82) is 0 Å². The van der Waals surface area contributed by atoms with Gasteiger partial charge >= 0.3 is 12.4 Å². The first-order valence-electron chi connectivity index (χ1n) is 6.53. The summed E-state index contributed by atoms with van der Waals surface area (Å²) in [5.74, 6) is 0. The average molecular weight is 308 g/mol. The van der Waals surface area contributed by atoms with Gasteiger partial charge in [0.15, 0.2) is 0 Å². The van der Waals surface area contributed by atoms with Crippen molar-refractivity contribution < 1.29 is 26.3 Å². The lowest BCUT2D eigenvalue weighted by Gasteiger charge is -2.30. The molecule has 0 amide bonds. The third-order valence-electron chi connectivity index (χ3n) is 3.49. The number of hydrogen-bond acceptors (Lipinski definition) is 0. The molecular weight excluding hydrogens is 293 g/mol. The van der Waals surface area contributed by atoms with E-state index in [2.05, 4.69) is 0 Å². The zero-order valence-electron chi connectivity index (χ0n) is 11.7. The Morgan fingerprint density at radius 3 is 1.48 bits per heavy atom. The molecule has 0 aromatic heterocycles. The molecule has 0 saturated carbocycles. The van der Waals surface area contributed by atoms with Crippen molar-refractivity contribution in [1.82, 2.24) is 0 Å². The summed E-state index contributed by atoms with van der Waals surface area (Å²) < 4.78 is 76.8. The largest absolute Gasteiger partial charge is 0.416 e. The second kappa shape index (κ2) is 5.93. The molecule has 2 radical (unpaired) electrons. The number of alkyl halides is 6. The molecule has 0 N–H and O–H groups in total. The Balaban J connectivity index is 3.52. The Bertz CT molecular complexity index is 459. The highest BCUT2D eigenvalue weighted by Gasteiger charge is 2.38. The van der Waals surface area contributed by atoms with Gasteiger partial charge in [-0.05, 0) is 29.1 Å². The second-order valence-corrected chi connectivity index (χ2v) is 5.05. The third-order valence-corrected chi connectivity index (χ3v) is 3.49. The summed E-state index contributed by atoms with van der Waals surface area (Å²) in [5.41, 5.74) is -2.78. The van der Waals surface area contributed by atoms with Gasteiger partial charge in [0.25, 0.3) is 0 Å². The van der Waals surface area contributed by atoms with Gasteiger partial charge < -0.3 is 0 Å². The van der Waals surface area contributed by atoms with Crippen LogP contribution in [0.25, 0.3) is 0 Å². The standard InChI is InChI=1S/C14H15BF6/c1-3-5-12(15,4-2)9-6-10(13(16,17)18)8-11(7-9)14(19,20)21/h6-8H,3-5H2,1-2H3. The van der Waals surface area contributed by atoms with Crippen molar-refractivity contribution in [3.05, 3.63) is 34.9 Å². The summed E-state index contributed by atoms with van der Waals surface area (Å²) >= 11 is 0. The maximum absolute atomic E-state index is 12.8. The van der Waals surface area contributed by atoms with Crippen molar-refractivity contribution in [3.63, 3.8) is 0 Å². The van der Waals surface area contributed by atoms with Gasteiger partial charge in [-0.15, -0.1) is 0 Å². The Morgan fingerprint density at radius 2 is 1.19 bits per heavy atom. The molecule has 21 heavy (non-hydrogen) atoms. The Labute approximate surface area is 120 Å². The first-order valence-corrected chi connectivity index (χ1v) is 6.53. The summed E-state index contributed by atoms with van der Waals surface area (Å²) in [4.78, 5) is 0. The maximum Gasteiger partial charge on any atom is 0.416 e. The van der Waals surface area contributed by atoms with E-state index in [-0.39, 0.29) is 18.1 Å².